The molecule has 0 radical (unpaired) electrons. The van der Waals surface area contributed by atoms with Gasteiger partial charge in [0.1, 0.15) is 5.82 Å². The van der Waals surface area contributed by atoms with Crippen LogP contribution in [0.5, 0.6) is 0 Å². The van der Waals surface area contributed by atoms with Crippen molar-refractivity contribution >= 4 is 5.97 Å². The second kappa shape index (κ2) is 9.24. The molecule has 5 heteroatoms. The molecule has 5 nitrogen and oxygen atoms in total. The number of aromatic carboxylic acids is 1. The van der Waals surface area contributed by atoms with Crippen LogP contribution >= 0.6 is 0 Å². The molecule has 0 spiro atoms. The summed E-state index contributed by atoms with van der Waals surface area (Å²) in [6.07, 6.45) is 8.07. The van der Waals surface area contributed by atoms with Crippen LogP contribution in [0.4, 0.5) is 0 Å². The van der Waals surface area contributed by atoms with Crippen molar-refractivity contribution in [3.05, 3.63) is 71.3 Å². The summed E-state index contributed by atoms with van der Waals surface area (Å²) in [5.74, 6) is 1.62. The number of hydrogen-bond donors (Lipinski definition) is 1. The molecule has 1 N–H and O–H groups in total. The Morgan fingerprint density at radius 1 is 1.10 bits per heavy atom. The van der Waals surface area contributed by atoms with Gasteiger partial charge >= 0.3 is 5.97 Å². The van der Waals surface area contributed by atoms with E-state index in [1.807, 2.05) is 47.1 Å². The van der Waals surface area contributed by atoms with Crippen molar-refractivity contribution < 1.29 is 9.90 Å². The minimum atomic E-state index is -0.911. The quantitative estimate of drug-likeness (QED) is 0.575. The van der Waals surface area contributed by atoms with E-state index in [0.717, 1.165) is 41.3 Å². The molecule has 1 aliphatic rings. The minimum Gasteiger partial charge on any atom is -0.478 e. The average molecular weight is 404 g/mol. The van der Waals surface area contributed by atoms with Crippen LogP contribution in [0.15, 0.2) is 48.5 Å². The second-order valence-electron chi connectivity index (χ2n) is 8.20. The first-order valence-electron chi connectivity index (χ1n) is 11.0. The fourth-order valence-corrected chi connectivity index (χ4v) is 4.48. The number of benzene rings is 2. The van der Waals surface area contributed by atoms with Gasteiger partial charge in [-0.2, -0.15) is 5.10 Å². The Morgan fingerprint density at radius 2 is 1.87 bits per heavy atom. The van der Waals surface area contributed by atoms with Crippen molar-refractivity contribution in [1.29, 1.82) is 0 Å². The molecule has 0 bridgehead atoms. The highest BCUT2D eigenvalue weighted by Gasteiger charge is 2.19. The van der Waals surface area contributed by atoms with Gasteiger partial charge in [-0.05, 0) is 35.6 Å². The van der Waals surface area contributed by atoms with Gasteiger partial charge in [0.05, 0.1) is 5.56 Å². The Labute approximate surface area is 177 Å². The topological polar surface area (TPSA) is 68.0 Å². The fourth-order valence-electron chi connectivity index (χ4n) is 4.48. The summed E-state index contributed by atoms with van der Waals surface area (Å²) in [5, 5.41) is 14.5. The number of hydrogen-bond acceptors (Lipinski definition) is 3. The zero-order valence-electron chi connectivity index (χ0n) is 17.6. The summed E-state index contributed by atoms with van der Waals surface area (Å²) in [5.41, 5.74) is 2.91. The smallest absolute Gasteiger partial charge is 0.336 e. The maximum atomic E-state index is 11.9. The van der Waals surface area contributed by atoms with Crippen LogP contribution in [0.1, 0.15) is 66.6 Å². The summed E-state index contributed by atoms with van der Waals surface area (Å²) in [6, 6.07) is 15.3. The van der Waals surface area contributed by atoms with E-state index < -0.39 is 5.97 Å². The molecule has 0 amide bonds. The third-order valence-electron chi connectivity index (χ3n) is 6.05. The van der Waals surface area contributed by atoms with E-state index in [-0.39, 0.29) is 0 Å². The van der Waals surface area contributed by atoms with Crippen molar-refractivity contribution in [2.24, 2.45) is 5.92 Å². The van der Waals surface area contributed by atoms with Crippen LogP contribution in [0.25, 0.3) is 11.1 Å². The highest BCUT2D eigenvalue weighted by molar-refractivity contribution is 5.96. The van der Waals surface area contributed by atoms with Gasteiger partial charge in [0.15, 0.2) is 5.82 Å². The molecule has 1 saturated carbocycles. The number of carbonyl (C=O) groups is 1. The van der Waals surface area contributed by atoms with E-state index >= 15 is 0 Å². The summed E-state index contributed by atoms with van der Waals surface area (Å²) < 4.78 is 1.96. The van der Waals surface area contributed by atoms with Gasteiger partial charge in [-0.25, -0.2) is 14.5 Å². The van der Waals surface area contributed by atoms with Crippen molar-refractivity contribution in [3.63, 3.8) is 0 Å². The average Bonchev–Trinajstić information content (AvgIpc) is 3.16. The van der Waals surface area contributed by atoms with Crippen molar-refractivity contribution in [2.75, 3.05) is 0 Å². The van der Waals surface area contributed by atoms with Crippen molar-refractivity contribution in [3.8, 4) is 11.1 Å². The Bertz CT molecular complexity index is 1000. The Morgan fingerprint density at radius 3 is 2.57 bits per heavy atom. The van der Waals surface area contributed by atoms with E-state index in [9.17, 15) is 9.90 Å². The SMILES string of the molecule is CCn1nc(CC2CCCCC2)nc1Cc1ccc(-c2ccccc2)c(C(=O)O)c1. The summed E-state index contributed by atoms with van der Waals surface area (Å²) >= 11 is 0. The molecule has 0 aliphatic heterocycles. The number of nitrogens with zero attached hydrogens (tertiary/aromatic N) is 3. The van der Waals surface area contributed by atoms with Gasteiger partial charge in [-0.3, -0.25) is 0 Å². The number of carboxylic acid groups (broad SMARTS) is 1. The molecule has 2 aromatic carbocycles. The predicted octanol–water partition coefficient (Wildman–Crippen LogP) is 5.38. The largest absolute Gasteiger partial charge is 0.478 e. The first kappa shape index (κ1) is 20.3. The standard InChI is InChI=1S/C25H29N3O2/c1-2-28-24(26-23(27-28)16-18-9-5-3-6-10-18)17-19-13-14-21(22(15-19)25(29)30)20-11-7-4-8-12-20/h4,7-8,11-15,18H,2-3,5-6,9-10,16-17H2,1H3,(H,29,30). The van der Waals surface area contributed by atoms with Gasteiger partial charge < -0.3 is 5.11 Å². The predicted molar refractivity (Wildman–Crippen MR) is 118 cm³/mol. The van der Waals surface area contributed by atoms with Gasteiger partial charge in [-0.15, -0.1) is 0 Å². The molecular formula is C25H29N3O2. The molecule has 30 heavy (non-hydrogen) atoms. The molecule has 1 heterocycles. The number of aryl methyl sites for hydroxylation is 1. The third-order valence-corrected chi connectivity index (χ3v) is 6.05. The van der Waals surface area contributed by atoms with Crippen LogP contribution in [0.3, 0.4) is 0 Å². The molecule has 3 aromatic rings. The number of aromatic nitrogens is 3. The Balaban J connectivity index is 1.57. The van der Waals surface area contributed by atoms with Crippen LogP contribution in [0.2, 0.25) is 0 Å². The Kier molecular flexibility index (Phi) is 6.26. The number of rotatable bonds is 7. The van der Waals surface area contributed by atoms with Gasteiger partial charge in [-0.1, -0.05) is 74.6 Å². The maximum absolute atomic E-state index is 11.9. The van der Waals surface area contributed by atoms with E-state index in [0.29, 0.717) is 17.9 Å². The fraction of sp³-hybridized carbons (Fsp3) is 0.400. The monoisotopic (exact) mass is 403 g/mol. The second-order valence-corrected chi connectivity index (χ2v) is 8.20. The zero-order valence-corrected chi connectivity index (χ0v) is 17.6. The highest BCUT2D eigenvalue weighted by atomic mass is 16.4. The summed E-state index contributed by atoms with van der Waals surface area (Å²) in [7, 11) is 0. The van der Waals surface area contributed by atoms with Crippen LogP contribution in [0, 0.1) is 5.92 Å². The van der Waals surface area contributed by atoms with E-state index in [2.05, 4.69) is 6.92 Å². The lowest BCUT2D eigenvalue weighted by molar-refractivity contribution is 0.0697. The molecule has 156 valence electrons. The third kappa shape index (κ3) is 4.61. The highest BCUT2D eigenvalue weighted by Crippen LogP contribution is 2.27. The van der Waals surface area contributed by atoms with E-state index in [1.54, 1.807) is 6.07 Å². The zero-order chi connectivity index (χ0) is 20.9. The molecule has 0 atom stereocenters. The first-order valence-corrected chi connectivity index (χ1v) is 11.0. The lowest BCUT2D eigenvalue weighted by Gasteiger charge is -2.19. The van der Waals surface area contributed by atoms with Gasteiger partial charge in [0, 0.05) is 19.4 Å². The van der Waals surface area contributed by atoms with Gasteiger partial charge in [0.25, 0.3) is 0 Å². The summed E-state index contributed by atoms with van der Waals surface area (Å²) in [6.45, 7) is 2.84. The molecule has 0 unspecified atom stereocenters. The lowest BCUT2D eigenvalue weighted by atomic mass is 9.87. The van der Waals surface area contributed by atoms with Crippen molar-refractivity contribution in [2.45, 2.75) is 58.4 Å². The van der Waals surface area contributed by atoms with Crippen LogP contribution < -0.4 is 0 Å². The minimum absolute atomic E-state index is 0.323. The van der Waals surface area contributed by atoms with Crippen molar-refractivity contribution in [1.82, 2.24) is 14.8 Å². The molecule has 4 rings (SSSR count). The lowest BCUT2D eigenvalue weighted by Crippen LogP contribution is -2.10. The van der Waals surface area contributed by atoms with E-state index in [1.165, 1.54) is 32.1 Å². The maximum Gasteiger partial charge on any atom is 0.336 e. The van der Waals surface area contributed by atoms with Crippen LogP contribution in [-0.4, -0.2) is 25.8 Å². The normalized spacial score (nSPS) is 14.7. The van der Waals surface area contributed by atoms with Gasteiger partial charge in [0.2, 0.25) is 0 Å². The summed E-state index contributed by atoms with van der Waals surface area (Å²) in [4.78, 5) is 16.7. The number of carboxylic acids is 1. The molecular weight excluding hydrogens is 374 g/mol. The first-order chi connectivity index (χ1) is 14.6. The molecule has 0 saturated heterocycles. The molecule has 1 fully saturated rings. The van der Waals surface area contributed by atoms with E-state index in [4.69, 9.17) is 10.1 Å². The Hall–Kier alpha value is -2.95. The molecule has 1 aliphatic carbocycles. The van der Waals surface area contributed by atoms with Crippen LogP contribution in [-0.2, 0) is 19.4 Å². The molecule has 1 aromatic heterocycles.